The molecule has 0 spiro atoms. The minimum atomic E-state index is 0.793. The van der Waals surface area contributed by atoms with Crippen LogP contribution in [0.15, 0.2) is 54.9 Å². The second kappa shape index (κ2) is 8.91. The van der Waals surface area contributed by atoms with E-state index < -0.39 is 0 Å². The van der Waals surface area contributed by atoms with Gasteiger partial charge in [-0.1, -0.05) is 19.1 Å². The summed E-state index contributed by atoms with van der Waals surface area (Å²) in [6.45, 7) is 6.05. The number of aromatic nitrogens is 5. The number of para-hydroxylation sites is 1. The number of piperidine rings is 1. The van der Waals surface area contributed by atoms with Gasteiger partial charge in [-0.3, -0.25) is 10.1 Å². The lowest BCUT2D eigenvalue weighted by molar-refractivity contribution is 0.579. The van der Waals surface area contributed by atoms with E-state index in [1.165, 1.54) is 30.5 Å². The molecule has 1 saturated heterocycles. The zero-order valence-electron chi connectivity index (χ0n) is 19.4. The molecule has 1 aliphatic heterocycles. The average Bonchev–Trinajstić information content (AvgIpc) is 3.51. The molecule has 3 N–H and O–H groups in total. The van der Waals surface area contributed by atoms with Gasteiger partial charge in [0.2, 0.25) is 0 Å². The number of pyridine rings is 1. The molecule has 1 aliphatic rings. The Bertz CT molecular complexity index is 1440. The number of hydrogen-bond donors (Lipinski definition) is 3. The first-order valence-electron chi connectivity index (χ1n) is 12.2. The molecule has 0 amide bonds. The Labute approximate surface area is 198 Å². The van der Waals surface area contributed by atoms with Gasteiger partial charge in [-0.15, -0.1) is 0 Å². The van der Waals surface area contributed by atoms with Crippen LogP contribution < -0.4 is 10.2 Å². The van der Waals surface area contributed by atoms with E-state index in [4.69, 9.17) is 4.98 Å². The fraction of sp³-hybridized carbons (Fsp3) is 0.296. The molecule has 6 rings (SSSR count). The van der Waals surface area contributed by atoms with Crippen LogP contribution >= 0.6 is 0 Å². The summed E-state index contributed by atoms with van der Waals surface area (Å²) in [7, 11) is 0. The van der Waals surface area contributed by atoms with E-state index >= 15 is 0 Å². The molecule has 0 aliphatic carbocycles. The Hall–Kier alpha value is -3.71. The zero-order chi connectivity index (χ0) is 22.9. The van der Waals surface area contributed by atoms with Crippen molar-refractivity contribution in [2.24, 2.45) is 0 Å². The number of imidazole rings is 1. The summed E-state index contributed by atoms with van der Waals surface area (Å²) in [6, 6.07) is 15.0. The highest BCUT2D eigenvalue weighted by Crippen LogP contribution is 2.33. The number of rotatable bonds is 6. The molecule has 34 heavy (non-hydrogen) atoms. The fourth-order valence-electron chi connectivity index (χ4n) is 4.90. The van der Waals surface area contributed by atoms with Gasteiger partial charge in [0.25, 0.3) is 0 Å². The van der Waals surface area contributed by atoms with E-state index in [0.717, 1.165) is 70.8 Å². The summed E-state index contributed by atoms with van der Waals surface area (Å²) in [5, 5.41) is 12.2. The van der Waals surface area contributed by atoms with E-state index in [1.54, 1.807) is 0 Å². The van der Waals surface area contributed by atoms with E-state index in [2.05, 4.69) is 79.8 Å². The van der Waals surface area contributed by atoms with Crippen LogP contribution in [0.3, 0.4) is 0 Å². The van der Waals surface area contributed by atoms with Gasteiger partial charge in [-0.05, 0) is 67.3 Å². The van der Waals surface area contributed by atoms with E-state index in [0.29, 0.717) is 0 Å². The van der Waals surface area contributed by atoms with Gasteiger partial charge in [-0.2, -0.15) is 5.10 Å². The molecular weight excluding hydrogens is 422 g/mol. The van der Waals surface area contributed by atoms with Gasteiger partial charge in [0, 0.05) is 43.0 Å². The van der Waals surface area contributed by atoms with Crippen LogP contribution in [-0.2, 0) is 6.54 Å². The van der Waals surface area contributed by atoms with Crippen molar-refractivity contribution in [3.05, 3.63) is 60.4 Å². The van der Waals surface area contributed by atoms with Gasteiger partial charge in [0.1, 0.15) is 11.2 Å². The SMILES string of the molecule is CCNCc1cncc(-c2ccc3[nH]nc(-c4nc5c(N6CCCCC6)cccc5[nH]4)c3c2)c1. The number of H-pyrrole nitrogens is 2. The van der Waals surface area contributed by atoms with Gasteiger partial charge < -0.3 is 15.2 Å². The van der Waals surface area contributed by atoms with Crippen LogP contribution in [0.25, 0.3) is 44.6 Å². The highest BCUT2D eigenvalue weighted by molar-refractivity contribution is 5.97. The second-order valence-electron chi connectivity index (χ2n) is 9.00. The van der Waals surface area contributed by atoms with Crippen LogP contribution in [0, 0.1) is 0 Å². The van der Waals surface area contributed by atoms with Crippen molar-refractivity contribution in [1.29, 1.82) is 0 Å². The van der Waals surface area contributed by atoms with E-state index in [9.17, 15) is 0 Å². The lowest BCUT2D eigenvalue weighted by Crippen LogP contribution is -2.29. The second-order valence-corrected chi connectivity index (χ2v) is 9.00. The number of fused-ring (bicyclic) bond motifs is 2. The predicted octanol–water partition coefficient (Wildman–Crippen LogP) is 5.27. The molecule has 0 unspecified atom stereocenters. The molecular formula is C27H29N7. The molecule has 172 valence electrons. The van der Waals surface area contributed by atoms with Crippen molar-refractivity contribution in [2.45, 2.75) is 32.7 Å². The summed E-state index contributed by atoms with van der Waals surface area (Å²) in [5.74, 6) is 0.793. The maximum absolute atomic E-state index is 5.03. The Morgan fingerprint density at radius 2 is 1.88 bits per heavy atom. The van der Waals surface area contributed by atoms with Gasteiger partial charge in [0.05, 0.1) is 16.7 Å². The van der Waals surface area contributed by atoms with Crippen LogP contribution in [-0.4, -0.2) is 44.8 Å². The molecule has 0 bridgehead atoms. The molecule has 0 saturated carbocycles. The topological polar surface area (TPSA) is 85.5 Å². The van der Waals surface area contributed by atoms with Crippen LogP contribution in [0.2, 0.25) is 0 Å². The fourth-order valence-corrected chi connectivity index (χ4v) is 4.90. The van der Waals surface area contributed by atoms with Crippen molar-refractivity contribution in [3.63, 3.8) is 0 Å². The molecule has 7 heteroatoms. The van der Waals surface area contributed by atoms with Crippen LogP contribution in [0.4, 0.5) is 5.69 Å². The van der Waals surface area contributed by atoms with Gasteiger partial charge >= 0.3 is 0 Å². The number of aromatic amines is 2. The molecule has 0 atom stereocenters. The number of anilines is 1. The molecule has 2 aromatic carbocycles. The zero-order valence-corrected chi connectivity index (χ0v) is 19.4. The third kappa shape index (κ3) is 3.82. The Kier molecular flexibility index (Phi) is 5.47. The monoisotopic (exact) mass is 451 g/mol. The van der Waals surface area contributed by atoms with Crippen molar-refractivity contribution in [2.75, 3.05) is 24.5 Å². The summed E-state index contributed by atoms with van der Waals surface area (Å²) >= 11 is 0. The Morgan fingerprint density at radius 1 is 0.971 bits per heavy atom. The Morgan fingerprint density at radius 3 is 2.76 bits per heavy atom. The van der Waals surface area contributed by atoms with Crippen molar-refractivity contribution in [1.82, 2.24) is 30.5 Å². The number of benzene rings is 2. The first kappa shape index (κ1) is 20.9. The molecule has 1 fully saturated rings. The molecule has 7 nitrogen and oxygen atoms in total. The van der Waals surface area contributed by atoms with Crippen LogP contribution in [0.5, 0.6) is 0 Å². The third-order valence-corrected chi connectivity index (χ3v) is 6.68. The smallest absolute Gasteiger partial charge is 0.159 e. The highest BCUT2D eigenvalue weighted by atomic mass is 15.2. The number of nitrogens with one attached hydrogen (secondary N) is 3. The first-order valence-corrected chi connectivity index (χ1v) is 12.2. The van der Waals surface area contributed by atoms with Gasteiger partial charge in [0.15, 0.2) is 5.82 Å². The average molecular weight is 452 g/mol. The minimum absolute atomic E-state index is 0.793. The summed E-state index contributed by atoms with van der Waals surface area (Å²) in [6.07, 6.45) is 7.63. The van der Waals surface area contributed by atoms with Crippen molar-refractivity contribution >= 4 is 27.6 Å². The molecule has 0 radical (unpaired) electrons. The summed E-state index contributed by atoms with van der Waals surface area (Å²) in [4.78, 5) is 15.5. The summed E-state index contributed by atoms with van der Waals surface area (Å²) in [5.41, 5.74) is 8.50. The van der Waals surface area contributed by atoms with Crippen LogP contribution in [0.1, 0.15) is 31.7 Å². The molecule has 4 heterocycles. The normalized spacial score (nSPS) is 14.3. The van der Waals surface area contributed by atoms with Crippen molar-refractivity contribution < 1.29 is 0 Å². The van der Waals surface area contributed by atoms with E-state index in [-0.39, 0.29) is 0 Å². The quantitative estimate of drug-likeness (QED) is 0.328. The predicted molar refractivity (Wildman–Crippen MR) is 138 cm³/mol. The largest absolute Gasteiger partial charge is 0.370 e. The maximum Gasteiger partial charge on any atom is 0.159 e. The lowest BCUT2D eigenvalue weighted by Gasteiger charge is -2.28. The highest BCUT2D eigenvalue weighted by Gasteiger charge is 2.18. The first-order chi connectivity index (χ1) is 16.8. The maximum atomic E-state index is 5.03. The van der Waals surface area contributed by atoms with Crippen molar-refractivity contribution in [3.8, 4) is 22.6 Å². The van der Waals surface area contributed by atoms with Gasteiger partial charge in [-0.25, -0.2) is 4.98 Å². The minimum Gasteiger partial charge on any atom is -0.370 e. The third-order valence-electron chi connectivity index (χ3n) is 6.68. The lowest BCUT2D eigenvalue weighted by atomic mass is 10.0. The molecule has 3 aromatic heterocycles. The number of hydrogen-bond acceptors (Lipinski definition) is 5. The standard InChI is InChI=1S/C27H29N7/c1-2-28-15-18-13-20(17-29-16-18)19-9-10-22-21(14-19)25(33-32-22)27-30-23-7-6-8-24(26(23)31-27)34-11-4-3-5-12-34/h6-10,13-14,16-17,28H,2-5,11-12,15H2,1H3,(H,30,31)(H,32,33). The van der Waals surface area contributed by atoms with E-state index in [1.807, 2.05) is 12.4 Å². The summed E-state index contributed by atoms with van der Waals surface area (Å²) < 4.78 is 0. The number of nitrogens with zero attached hydrogens (tertiary/aromatic N) is 4. The molecule has 5 aromatic rings. The Balaban J connectivity index is 1.40.